The Hall–Kier alpha value is -1.22. The average Bonchev–Trinajstić information content (AvgIpc) is 2.47. The molecule has 0 spiro atoms. The van der Waals surface area contributed by atoms with E-state index in [2.05, 4.69) is 0 Å². The van der Waals surface area contributed by atoms with Crippen LogP contribution < -0.4 is 4.74 Å². The van der Waals surface area contributed by atoms with E-state index in [1.807, 2.05) is 0 Å². The lowest BCUT2D eigenvalue weighted by Crippen LogP contribution is -2.09. The first-order valence-corrected chi connectivity index (χ1v) is 4.80. The molecule has 1 aliphatic rings. The van der Waals surface area contributed by atoms with Gasteiger partial charge in [-0.15, -0.1) is 0 Å². The second-order valence-corrected chi connectivity index (χ2v) is 3.81. The number of ether oxygens (including phenoxy) is 1. The summed E-state index contributed by atoms with van der Waals surface area (Å²) in [6, 6.07) is 5.10. The molecule has 2 rings (SSSR count). The van der Waals surface area contributed by atoms with E-state index in [0.717, 1.165) is 11.3 Å². The predicted octanol–water partition coefficient (Wildman–Crippen LogP) is 1.64. The molecule has 3 nitrogen and oxygen atoms in total. The molecule has 1 heterocycles. The van der Waals surface area contributed by atoms with Crippen LogP contribution in [0.3, 0.4) is 0 Å². The zero-order valence-electron chi connectivity index (χ0n) is 8.10. The Morgan fingerprint density at radius 2 is 2.36 bits per heavy atom. The fraction of sp³-hybridized carbons (Fsp3) is 0.455. The van der Waals surface area contributed by atoms with Crippen molar-refractivity contribution in [3.8, 4) is 11.5 Å². The van der Waals surface area contributed by atoms with Gasteiger partial charge >= 0.3 is 0 Å². The highest BCUT2D eigenvalue weighted by Crippen LogP contribution is 2.38. The van der Waals surface area contributed by atoms with Crippen LogP contribution >= 0.6 is 0 Å². The smallest absolute Gasteiger partial charge is 0.123 e. The molecule has 2 atom stereocenters. The highest BCUT2D eigenvalue weighted by molar-refractivity contribution is 5.44. The van der Waals surface area contributed by atoms with Crippen LogP contribution in [-0.4, -0.2) is 22.9 Å². The van der Waals surface area contributed by atoms with E-state index >= 15 is 0 Å². The van der Waals surface area contributed by atoms with E-state index in [-0.39, 0.29) is 17.8 Å². The number of phenols is 1. The van der Waals surface area contributed by atoms with Crippen LogP contribution in [0, 0.1) is 0 Å². The Morgan fingerprint density at radius 3 is 3.07 bits per heavy atom. The Kier molecular flexibility index (Phi) is 2.33. The van der Waals surface area contributed by atoms with E-state index < -0.39 is 0 Å². The van der Waals surface area contributed by atoms with Crippen molar-refractivity contribution < 1.29 is 14.9 Å². The molecule has 0 fully saturated rings. The summed E-state index contributed by atoms with van der Waals surface area (Å²) >= 11 is 0. The molecule has 0 aromatic heterocycles. The molecular weight excluding hydrogens is 180 g/mol. The molecular formula is C11H14O3. The van der Waals surface area contributed by atoms with Crippen molar-refractivity contribution in [1.82, 2.24) is 0 Å². The van der Waals surface area contributed by atoms with Crippen molar-refractivity contribution in [2.45, 2.75) is 25.4 Å². The van der Waals surface area contributed by atoms with E-state index in [0.29, 0.717) is 13.0 Å². The van der Waals surface area contributed by atoms with Gasteiger partial charge in [-0.05, 0) is 31.5 Å². The zero-order chi connectivity index (χ0) is 10.1. The van der Waals surface area contributed by atoms with Crippen LogP contribution in [0.25, 0.3) is 0 Å². The van der Waals surface area contributed by atoms with Gasteiger partial charge in [0.25, 0.3) is 0 Å². The highest BCUT2D eigenvalue weighted by Gasteiger charge is 2.25. The maximum absolute atomic E-state index is 9.33. The third-order valence-corrected chi connectivity index (χ3v) is 2.50. The van der Waals surface area contributed by atoms with E-state index in [1.54, 1.807) is 25.1 Å². The zero-order valence-corrected chi connectivity index (χ0v) is 8.10. The van der Waals surface area contributed by atoms with Crippen molar-refractivity contribution in [1.29, 1.82) is 0 Å². The molecule has 0 amide bonds. The van der Waals surface area contributed by atoms with Gasteiger partial charge in [-0.1, -0.05) is 0 Å². The quantitative estimate of drug-likeness (QED) is 0.752. The van der Waals surface area contributed by atoms with Gasteiger partial charge < -0.3 is 14.9 Å². The Labute approximate surface area is 83.0 Å². The minimum atomic E-state index is -0.336. The highest BCUT2D eigenvalue weighted by atomic mass is 16.5. The molecule has 76 valence electrons. The minimum Gasteiger partial charge on any atom is -0.508 e. The number of aliphatic hydroxyl groups excluding tert-OH is 1. The lowest BCUT2D eigenvalue weighted by molar-refractivity contribution is 0.167. The van der Waals surface area contributed by atoms with Gasteiger partial charge in [-0.2, -0.15) is 0 Å². The Balaban J connectivity index is 2.24. The molecule has 3 heteroatoms. The molecule has 0 aliphatic carbocycles. The Bertz CT molecular complexity index is 333. The van der Waals surface area contributed by atoms with Gasteiger partial charge in [0.15, 0.2) is 0 Å². The van der Waals surface area contributed by atoms with Crippen LogP contribution in [0.2, 0.25) is 0 Å². The molecule has 1 aliphatic heterocycles. The summed E-state index contributed by atoms with van der Waals surface area (Å²) in [5, 5.41) is 18.6. The number of hydrogen-bond acceptors (Lipinski definition) is 3. The summed E-state index contributed by atoms with van der Waals surface area (Å²) in [6.45, 7) is 2.37. The fourth-order valence-corrected chi connectivity index (χ4v) is 1.87. The molecule has 0 bridgehead atoms. The summed E-state index contributed by atoms with van der Waals surface area (Å²) in [4.78, 5) is 0. The number of phenolic OH excluding ortho intramolecular Hbond substituents is 1. The molecule has 0 saturated heterocycles. The first-order valence-electron chi connectivity index (χ1n) is 4.80. The minimum absolute atomic E-state index is 0.206. The van der Waals surface area contributed by atoms with Gasteiger partial charge in [0, 0.05) is 11.5 Å². The molecule has 1 aromatic rings. The third-order valence-electron chi connectivity index (χ3n) is 2.50. The molecule has 0 saturated carbocycles. The van der Waals surface area contributed by atoms with Gasteiger partial charge in [0.05, 0.1) is 12.7 Å². The standard InChI is InChI=1S/C11H14O3/c1-7(12)4-8-6-14-11-3-2-9(13)5-10(8)11/h2-3,5,7-8,12-13H,4,6H2,1H3. The van der Waals surface area contributed by atoms with E-state index in [9.17, 15) is 10.2 Å². The monoisotopic (exact) mass is 194 g/mol. The van der Waals surface area contributed by atoms with E-state index in [1.165, 1.54) is 0 Å². The fourth-order valence-electron chi connectivity index (χ4n) is 1.87. The maximum Gasteiger partial charge on any atom is 0.123 e. The molecule has 14 heavy (non-hydrogen) atoms. The predicted molar refractivity (Wildman–Crippen MR) is 52.6 cm³/mol. The molecule has 2 unspecified atom stereocenters. The van der Waals surface area contributed by atoms with Gasteiger partial charge in [0.2, 0.25) is 0 Å². The third kappa shape index (κ3) is 1.68. The summed E-state index contributed by atoms with van der Waals surface area (Å²) in [7, 11) is 0. The summed E-state index contributed by atoms with van der Waals surface area (Å²) in [5.74, 6) is 1.29. The van der Waals surface area contributed by atoms with Gasteiger partial charge in [-0.25, -0.2) is 0 Å². The molecule has 1 aromatic carbocycles. The first-order chi connectivity index (χ1) is 6.66. The van der Waals surface area contributed by atoms with Gasteiger partial charge in [0.1, 0.15) is 11.5 Å². The number of hydrogen-bond donors (Lipinski definition) is 2. The van der Waals surface area contributed by atoms with Gasteiger partial charge in [-0.3, -0.25) is 0 Å². The Morgan fingerprint density at radius 1 is 1.57 bits per heavy atom. The van der Waals surface area contributed by atoms with E-state index in [4.69, 9.17) is 4.74 Å². The lowest BCUT2D eigenvalue weighted by Gasteiger charge is -2.10. The number of aromatic hydroxyl groups is 1. The second-order valence-electron chi connectivity index (χ2n) is 3.81. The summed E-state index contributed by atoms with van der Waals surface area (Å²) in [6.07, 6.45) is 0.341. The number of fused-ring (bicyclic) bond motifs is 1. The average molecular weight is 194 g/mol. The number of aliphatic hydroxyl groups is 1. The SMILES string of the molecule is CC(O)CC1COc2ccc(O)cc21. The first kappa shape index (κ1) is 9.34. The van der Waals surface area contributed by atoms with Crippen LogP contribution in [0.15, 0.2) is 18.2 Å². The van der Waals surface area contributed by atoms with Crippen LogP contribution in [0.1, 0.15) is 24.8 Å². The molecule has 2 N–H and O–H groups in total. The largest absolute Gasteiger partial charge is 0.508 e. The van der Waals surface area contributed by atoms with Crippen molar-refractivity contribution in [2.75, 3.05) is 6.61 Å². The molecule has 0 radical (unpaired) electrons. The maximum atomic E-state index is 9.33. The van der Waals surface area contributed by atoms with Crippen LogP contribution in [0.5, 0.6) is 11.5 Å². The van der Waals surface area contributed by atoms with Crippen LogP contribution in [-0.2, 0) is 0 Å². The second kappa shape index (κ2) is 3.50. The number of rotatable bonds is 2. The summed E-state index contributed by atoms with van der Waals surface area (Å²) < 4.78 is 5.44. The van der Waals surface area contributed by atoms with Crippen molar-refractivity contribution in [2.24, 2.45) is 0 Å². The topological polar surface area (TPSA) is 49.7 Å². The van der Waals surface area contributed by atoms with Crippen LogP contribution in [0.4, 0.5) is 0 Å². The normalized spacial score (nSPS) is 21.4. The van der Waals surface area contributed by atoms with Crippen molar-refractivity contribution >= 4 is 0 Å². The lowest BCUT2D eigenvalue weighted by atomic mass is 9.95. The van der Waals surface area contributed by atoms with Crippen molar-refractivity contribution in [3.63, 3.8) is 0 Å². The van der Waals surface area contributed by atoms with Crippen molar-refractivity contribution in [3.05, 3.63) is 23.8 Å². The number of benzene rings is 1. The summed E-state index contributed by atoms with van der Waals surface area (Å²) in [5.41, 5.74) is 1.01.